The van der Waals surface area contributed by atoms with Gasteiger partial charge in [0.05, 0.1) is 12.7 Å². The quantitative estimate of drug-likeness (QED) is 0.356. The van der Waals surface area contributed by atoms with Crippen LogP contribution >= 0.6 is 0 Å². The Morgan fingerprint density at radius 1 is 0.969 bits per heavy atom. The number of aliphatic hydroxyl groups is 2. The summed E-state index contributed by atoms with van der Waals surface area (Å²) in [5.41, 5.74) is 1.66. The van der Waals surface area contributed by atoms with E-state index >= 15 is 0 Å². The molecule has 4 nitrogen and oxygen atoms in total. The second-order valence-corrected chi connectivity index (χ2v) is 12.4. The Bertz CT molecular complexity index is 684. The van der Waals surface area contributed by atoms with Crippen molar-refractivity contribution < 1.29 is 19.7 Å². The fourth-order valence-electron chi connectivity index (χ4n) is 5.45. The fraction of sp³-hybridized carbons (Fsp3) is 0.857. The van der Waals surface area contributed by atoms with Crippen molar-refractivity contribution in [2.24, 2.45) is 46.3 Å². The lowest BCUT2D eigenvalue weighted by Gasteiger charge is -2.41. The van der Waals surface area contributed by atoms with Crippen LogP contribution in [0.25, 0.3) is 0 Å². The van der Waals surface area contributed by atoms with E-state index in [1.54, 1.807) is 0 Å². The second-order valence-electron chi connectivity index (χ2n) is 12.4. The van der Waals surface area contributed by atoms with E-state index in [0.717, 1.165) is 25.0 Å². The predicted molar refractivity (Wildman–Crippen MR) is 130 cm³/mol. The second kappa shape index (κ2) is 10.2. The van der Waals surface area contributed by atoms with E-state index < -0.39 is 0 Å². The highest BCUT2D eigenvalue weighted by Crippen LogP contribution is 2.54. The van der Waals surface area contributed by atoms with Gasteiger partial charge in [-0.2, -0.15) is 0 Å². The molecule has 6 unspecified atom stereocenters. The minimum atomic E-state index is -0.0957. The van der Waals surface area contributed by atoms with Crippen LogP contribution in [0.5, 0.6) is 0 Å². The van der Waals surface area contributed by atoms with Crippen molar-refractivity contribution in [3.05, 3.63) is 23.5 Å². The molecule has 0 heterocycles. The van der Waals surface area contributed by atoms with Crippen LogP contribution in [0.4, 0.5) is 0 Å². The Balaban J connectivity index is 1.58. The number of aliphatic hydroxyl groups excluding tert-OH is 2. The van der Waals surface area contributed by atoms with Crippen molar-refractivity contribution in [3.63, 3.8) is 0 Å². The van der Waals surface area contributed by atoms with Crippen LogP contribution in [-0.2, 0) is 9.47 Å². The minimum Gasteiger partial charge on any atom is -0.495 e. The molecule has 6 atom stereocenters. The molecule has 0 amide bonds. The van der Waals surface area contributed by atoms with Gasteiger partial charge in [-0.05, 0) is 65.9 Å². The van der Waals surface area contributed by atoms with Crippen LogP contribution in [0, 0.1) is 46.3 Å². The van der Waals surface area contributed by atoms with Crippen molar-refractivity contribution in [2.75, 3.05) is 26.4 Å². The van der Waals surface area contributed by atoms with Gasteiger partial charge in [-0.3, -0.25) is 0 Å². The number of fused-ring (bicyclic) bond motifs is 1. The van der Waals surface area contributed by atoms with Gasteiger partial charge in [-0.1, -0.05) is 54.5 Å². The molecule has 4 heteroatoms. The van der Waals surface area contributed by atoms with Crippen LogP contribution in [0.3, 0.4) is 0 Å². The molecule has 2 fully saturated rings. The summed E-state index contributed by atoms with van der Waals surface area (Å²) in [4.78, 5) is 0. The SMILES string of the molecule is CC(C)C1CCC(CO)C(OCCOC2=CC(C(C)(C)C(C)(C)C)=CC3CC23)C(CO)C1. The monoisotopic (exact) mass is 448 g/mol. The van der Waals surface area contributed by atoms with E-state index in [-0.39, 0.29) is 42.0 Å². The molecule has 0 aromatic heterocycles. The first-order chi connectivity index (χ1) is 15.0. The van der Waals surface area contributed by atoms with Crippen molar-refractivity contribution >= 4 is 0 Å². The zero-order valence-corrected chi connectivity index (χ0v) is 21.6. The Hall–Kier alpha value is -0.840. The molecule has 0 spiro atoms. The van der Waals surface area contributed by atoms with Crippen molar-refractivity contribution in [2.45, 2.75) is 80.3 Å². The summed E-state index contributed by atoms with van der Waals surface area (Å²) in [7, 11) is 0. The topological polar surface area (TPSA) is 58.9 Å². The normalized spacial score (nSPS) is 33.3. The van der Waals surface area contributed by atoms with Gasteiger partial charge in [0.25, 0.3) is 0 Å². The van der Waals surface area contributed by atoms with E-state index in [1.165, 1.54) is 12.0 Å². The molecule has 0 radical (unpaired) electrons. The molecule has 0 saturated heterocycles. The summed E-state index contributed by atoms with van der Waals surface area (Å²) in [6.45, 7) is 17.4. The molecule has 0 aromatic rings. The molecule has 184 valence electrons. The van der Waals surface area contributed by atoms with Gasteiger partial charge in [0.15, 0.2) is 0 Å². The molecule has 0 aromatic carbocycles. The first-order valence-corrected chi connectivity index (χ1v) is 12.9. The maximum absolute atomic E-state index is 10.1. The number of hydrogen-bond donors (Lipinski definition) is 2. The van der Waals surface area contributed by atoms with Crippen molar-refractivity contribution in [3.8, 4) is 0 Å². The van der Waals surface area contributed by atoms with Gasteiger partial charge in [0, 0.05) is 31.0 Å². The summed E-state index contributed by atoms with van der Waals surface area (Å²) >= 11 is 0. The van der Waals surface area contributed by atoms with Crippen LogP contribution in [0.15, 0.2) is 23.5 Å². The van der Waals surface area contributed by atoms with E-state index in [9.17, 15) is 10.2 Å². The average Bonchev–Trinajstić information content (AvgIpc) is 3.52. The van der Waals surface area contributed by atoms with Gasteiger partial charge < -0.3 is 19.7 Å². The lowest BCUT2D eigenvalue weighted by molar-refractivity contribution is -0.0669. The molecule has 2 N–H and O–H groups in total. The summed E-state index contributed by atoms with van der Waals surface area (Å²) < 4.78 is 12.6. The lowest BCUT2D eigenvalue weighted by atomic mass is 9.64. The van der Waals surface area contributed by atoms with Crippen LogP contribution in [0.2, 0.25) is 0 Å². The van der Waals surface area contributed by atoms with E-state index in [0.29, 0.717) is 36.9 Å². The maximum Gasteiger partial charge on any atom is 0.111 e. The van der Waals surface area contributed by atoms with Crippen LogP contribution in [-0.4, -0.2) is 42.7 Å². The molecule has 2 saturated carbocycles. The highest BCUT2D eigenvalue weighted by Gasteiger charge is 2.46. The molecule has 3 aliphatic carbocycles. The van der Waals surface area contributed by atoms with Crippen LogP contribution < -0.4 is 0 Å². The number of hydrogen-bond acceptors (Lipinski definition) is 4. The van der Waals surface area contributed by atoms with E-state index in [1.807, 2.05) is 0 Å². The Labute approximate surface area is 196 Å². The first kappa shape index (κ1) is 25.8. The van der Waals surface area contributed by atoms with Crippen molar-refractivity contribution in [1.82, 2.24) is 0 Å². The highest BCUT2D eigenvalue weighted by molar-refractivity contribution is 5.38. The largest absolute Gasteiger partial charge is 0.495 e. The Morgan fingerprint density at radius 3 is 2.25 bits per heavy atom. The maximum atomic E-state index is 10.1. The molecular weight excluding hydrogens is 400 g/mol. The summed E-state index contributed by atoms with van der Waals surface area (Å²) in [5.74, 6) is 3.64. The first-order valence-electron chi connectivity index (χ1n) is 12.9. The average molecular weight is 449 g/mol. The molecule has 0 aliphatic heterocycles. The third-order valence-corrected chi connectivity index (χ3v) is 9.01. The van der Waals surface area contributed by atoms with Gasteiger partial charge in [0.2, 0.25) is 0 Å². The predicted octanol–water partition coefficient (Wildman–Crippen LogP) is 5.59. The zero-order valence-electron chi connectivity index (χ0n) is 21.6. The fourth-order valence-corrected chi connectivity index (χ4v) is 5.45. The van der Waals surface area contributed by atoms with Crippen LogP contribution in [0.1, 0.15) is 74.1 Å². The minimum absolute atomic E-state index is 0.0850. The lowest BCUT2D eigenvalue weighted by Crippen LogP contribution is -2.36. The summed E-state index contributed by atoms with van der Waals surface area (Å²) in [6, 6.07) is 0. The summed E-state index contributed by atoms with van der Waals surface area (Å²) in [6.07, 6.45) is 8.88. The third-order valence-electron chi connectivity index (χ3n) is 9.01. The van der Waals surface area contributed by atoms with E-state index in [2.05, 4.69) is 60.6 Å². The number of ether oxygens (including phenoxy) is 2. The Kier molecular flexibility index (Phi) is 8.21. The molecule has 32 heavy (non-hydrogen) atoms. The van der Waals surface area contributed by atoms with E-state index in [4.69, 9.17) is 9.47 Å². The third kappa shape index (κ3) is 5.62. The highest BCUT2D eigenvalue weighted by atomic mass is 16.5. The van der Waals surface area contributed by atoms with Crippen molar-refractivity contribution in [1.29, 1.82) is 0 Å². The smallest absolute Gasteiger partial charge is 0.111 e. The zero-order chi connectivity index (χ0) is 23.7. The number of rotatable bonds is 9. The van der Waals surface area contributed by atoms with Gasteiger partial charge >= 0.3 is 0 Å². The molecule has 3 rings (SSSR count). The standard InChI is InChI=1S/C28H48O4/c1-18(2)19-8-9-20(16-29)26(22(12-19)17-30)32-11-10-31-25-15-23(13-21-14-24(21)25)28(6,7)27(3,4)5/h13,15,18-22,24,26,29-30H,8-12,14,16-17H2,1-7H3. The van der Waals surface area contributed by atoms with Gasteiger partial charge in [0.1, 0.15) is 12.4 Å². The van der Waals surface area contributed by atoms with Gasteiger partial charge in [-0.25, -0.2) is 0 Å². The molecular formula is C28H48O4. The molecule has 0 bridgehead atoms. The summed E-state index contributed by atoms with van der Waals surface area (Å²) in [5, 5.41) is 20.1. The number of allylic oxidation sites excluding steroid dienone is 4. The van der Waals surface area contributed by atoms with Gasteiger partial charge in [-0.15, -0.1) is 0 Å². The Morgan fingerprint density at radius 2 is 1.66 bits per heavy atom. The molecule has 3 aliphatic rings.